The molecule has 2 atom stereocenters. The van der Waals surface area contributed by atoms with E-state index in [1.165, 1.54) is 0 Å². The predicted octanol–water partition coefficient (Wildman–Crippen LogP) is 0.992. The van der Waals surface area contributed by atoms with Crippen molar-refractivity contribution in [2.45, 2.75) is 18.5 Å². The Morgan fingerprint density at radius 2 is 2.21 bits per heavy atom. The average molecular weight is 189 g/mol. The number of fused-ring (bicyclic) bond motifs is 1. The molecule has 1 N–H and O–H groups in total. The summed E-state index contributed by atoms with van der Waals surface area (Å²) in [6.07, 6.45) is 0. The largest absolute Gasteiger partial charge is 0.490 e. The monoisotopic (exact) mass is 189 g/mol. The number of benzene rings is 1. The normalized spacial score (nSPS) is 33.8. The molecule has 1 saturated heterocycles. The van der Waals surface area contributed by atoms with E-state index in [1.807, 2.05) is 31.2 Å². The van der Waals surface area contributed by atoms with Crippen LogP contribution in [0.25, 0.3) is 0 Å². The summed E-state index contributed by atoms with van der Waals surface area (Å²) in [6, 6.07) is 7.65. The van der Waals surface area contributed by atoms with Crippen LogP contribution in [0, 0.1) is 0 Å². The second kappa shape index (κ2) is 2.36. The number of carbonyl (C=O) groups excluding carboxylic acids is 1. The summed E-state index contributed by atoms with van der Waals surface area (Å²) in [5.41, 5.74) is 0.282. The Morgan fingerprint density at radius 3 is 2.93 bits per heavy atom. The predicted molar refractivity (Wildman–Crippen MR) is 51.6 cm³/mol. The van der Waals surface area contributed by atoms with Crippen molar-refractivity contribution in [3.8, 4) is 5.75 Å². The zero-order valence-corrected chi connectivity index (χ0v) is 7.91. The molecule has 3 nitrogen and oxygen atoms in total. The fourth-order valence-corrected chi connectivity index (χ4v) is 2.05. The van der Waals surface area contributed by atoms with E-state index >= 15 is 0 Å². The molecular weight excluding hydrogens is 178 g/mol. The lowest BCUT2D eigenvalue weighted by Crippen LogP contribution is -2.40. The fourth-order valence-electron chi connectivity index (χ4n) is 2.05. The number of hydrogen-bond donors (Lipinski definition) is 1. The minimum atomic E-state index is -0.422. The van der Waals surface area contributed by atoms with Crippen molar-refractivity contribution in [3.05, 3.63) is 29.8 Å². The van der Waals surface area contributed by atoms with Crippen LogP contribution in [0.3, 0.4) is 0 Å². The van der Waals surface area contributed by atoms with Crippen LogP contribution >= 0.6 is 0 Å². The van der Waals surface area contributed by atoms with Crippen LogP contribution in [0.2, 0.25) is 0 Å². The third-order valence-corrected chi connectivity index (χ3v) is 3.12. The van der Waals surface area contributed by atoms with Crippen molar-refractivity contribution in [3.63, 3.8) is 0 Å². The Balaban J connectivity index is 2.09. The van der Waals surface area contributed by atoms with Gasteiger partial charge in [0.2, 0.25) is 0 Å². The molecule has 2 aliphatic heterocycles. The summed E-state index contributed by atoms with van der Waals surface area (Å²) in [6.45, 7) is 2.47. The maximum atomic E-state index is 12.1. The highest BCUT2D eigenvalue weighted by Crippen LogP contribution is 2.37. The molecule has 0 aromatic heterocycles. The summed E-state index contributed by atoms with van der Waals surface area (Å²) >= 11 is 0. The Morgan fingerprint density at radius 1 is 1.50 bits per heavy atom. The van der Waals surface area contributed by atoms with Crippen molar-refractivity contribution in [1.29, 1.82) is 0 Å². The molecule has 3 heteroatoms. The summed E-state index contributed by atoms with van der Waals surface area (Å²) in [7, 11) is 0. The minimum Gasteiger partial charge on any atom is -0.490 e. The standard InChI is InChI=1S/C11H11NO2/c1-7-11(12-7)6-14-9-5-3-2-4-8(9)10(11)13/h2-5,7,12H,6H2,1H3/t7-,11-/m1/s1. The Hall–Kier alpha value is -1.35. The Bertz CT molecular complexity index is 416. The molecule has 3 rings (SSSR count). The smallest absolute Gasteiger partial charge is 0.191 e. The van der Waals surface area contributed by atoms with E-state index in [9.17, 15) is 4.79 Å². The van der Waals surface area contributed by atoms with Gasteiger partial charge in [-0.1, -0.05) is 12.1 Å². The molecule has 0 saturated carbocycles. The second-order valence-corrected chi connectivity index (χ2v) is 3.95. The van der Waals surface area contributed by atoms with Crippen LogP contribution in [0.4, 0.5) is 0 Å². The lowest BCUT2D eigenvalue weighted by atomic mass is 9.92. The molecular formula is C11H11NO2. The number of hydrogen-bond acceptors (Lipinski definition) is 3. The zero-order chi connectivity index (χ0) is 9.76. The summed E-state index contributed by atoms with van der Waals surface area (Å²) < 4.78 is 5.56. The Labute approximate surface area is 82.1 Å². The van der Waals surface area contributed by atoms with Crippen molar-refractivity contribution in [1.82, 2.24) is 5.32 Å². The number of carbonyl (C=O) groups is 1. The molecule has 1 fully saturated rings. The van der Waals surface area contributed by atoms with E-state index in [2.05, 4.69) is 5.32 Å². The average Bonchev–Trinajstić information content (AvgIpc) is 2.86. The van der Waals surface area contributed by atoms with Gasteiger partial charge in [-0.25, -0.2) is 0 Å². The summed E-state index contributed by atoms with van der Waals surface area (Å²) in [4.78, 5) is 12.1. The highest BCUT2D eigenvalue weighted by atomic mass is 16.5. The lowest BCUT2D eigenvalue weighted by molar-refractivity contribution is 0.0866. The molecule has 0 bridgehead atoms. The van der Waals surface area contributed by atoms with Crippen LogP contribution in [0.1, 0.15) is 17.3 Å². The van der Waals surface area contributed by atoms with E-state index in [1.54, 1.807) is 0 Å². The molecule has 0 radical (unpaired) electrons. The molecule has 0 unspecified atom stereocenters. The first-order chi connectivity index (χ1) is 6.74. The summed E-state index contributed by atoms with van der Waals surface area (Å²) in [5, 5.41) is 3.16. The third-order valence-electron chi connectivity index (χ3n) is 3.12. The molecule has 1 aromatic carbocycles. The number of ketones is 1. The Kier molecular flexibility index (Phi) is 1.35. The van der Waals surface area contributed by atoms with Gasteiger partial charge in [0, 0.05) is 6.04 Å². The fraction of sp³-hybridized carbons (Fsp3) is 0.364. The highest BCUT2D eigenvalue weighted by Gasteiger charge is 2.59. The number of ether oxygens (including phenoxy) is 1. The third kappa shape index (κ3) is 0.826. The first kappa shape index (κ1) is 8.00. The van der Waals surface area contributed by atoms with Gasteiger partial charge in [0.25, 0.3) is 0 Å². The van der Waals surface area contributed by atoms with Gasteiger partial charge in [0.05, 0.1) is 5.56 Å². The molecule has 2 aliphatic rings. The first-order valence-corrected chi connectivity index (χ1v) is 4.78. The first-order valence-electron chi connectivity index (χ1n) is 4.78. The zero-order valence-electron chi connectivity index (χ0n) is 7.91. The van der Waals surface area contributed by atoms with Gasteiger partial charge in [0.15, 0.2) is 5.78 Å². The minimum absolute atomic E-state index is 0.173. The van der Waals surface area contributed by atoms with E-state index in [4.69, 9.17) is 4.74 Å². The number of para-hydroxylation sites is 1. The topological polar surface area (TPSA) is 48.2 Å². The quantitative estimate of drug-likeness (QED) is 0.619. The molecule has 14 heavy (non-hydrogen) atoms. The van der Waals surface area contributed by atoms with E-state index in [-0.39, 0.29) is 11.8 Å². The number of rotatable bonds is 0. The van der Waals surface area contributed by atoms with Crippen molar-refractivity contribution < 1.29 is 9.53 Å². The van der Waals surface area contributed by atoms with Crippen LogP contribution in [-0.2, 0) is 0 Å². The van der Waals surface area contributed by atoms with Gasteiger partial charge in [-0.3, -0.25) is 10.1 Å². The van der Waals surface area contributed by atoms with E-state index < -0.39 is 5.54 Å². The second-order valence-electron chi connectivity index (χ2n) is 3.95. The van der Waals surface area contributed by atoms with Crippen molar-refractivity contribution in [2.24, 2.45) is 0 Å². The van der Waals surface area contributed by atoms with Crippen LogP contribution in [-0.4, -0.2) is 24.0 Å². The molecule has 72 valence electrons. The maximum absolute atomic E-state index is 12.1. The maximum Gasteiger partial charge on any atom is 0.191 e. The van der Waals surface area contributed by atoms with Crippen molar-refractivity contribution in [2.75, 3.05) is 6.61 Å². The lowest BCUT2D eigenvalue weighted by Gasteiger charge is -2.22. The molecule has 1 aromatic rings. The van der Waals surface area contributed by atoms with Gasteiger partial charge in [-0.15, -0.1) is 0 Å². The molecule has 1 spiro atoms. The van der Waals surface area contributed by atoms with Crippen LogP contribution in [0.15, 0.2) is 24.3 Å². The molecule has 0 amide bonds. The van der Waals surface area contributed by atoms with E-state index in [0.29, 0.717) is 17.9 Å². The van der Waals surface area contributed by atoms with Crippen LogP contribution in [0.5, 0.6) is 5.75 Å². The summed E-state index contributed by atoms with van der Waals surface area (Å²) in [5.74, 6) is 0.885. The number of Topliss-reactive ketones (excluding diaryl/α,β-unsaturated/α-hetero) is 1. The van der Waals surface area contributed by atoms with Gasteiger partial charge >= 0.3 is 0 Å². The van der Waals surface area contributed by atoms with Gasteiger partial charge in [0.1, 0.15) is 17.9 Å². The SMILES string of the molecule is C[C@H]1N[C@]12COc1ccccc1C2=O. The van der Waals surface area contributed by atoms with Gasteiger partial charge in [-0.05, 0) is 19.1 Å². The molecule has 0 aliphatic carbocycles. The van der Waals surface area contributed by atoms with Gasteiger partial charge < -0.3 is 4.74 Å². The van der Waals surface area contributed by atoms with E-state index in [0.717, 1.165) is 0 Å². The van der Waals surface area contributed by atoms with Gasteiger partial charge in [-0.2, -0.15) is 0 Å². The molecule has 2 heterocycles. The van der Waals surface area contributed by atoms with Crippen LogP contribution < -0.4 is 10.1 Å². The highest BCUT2D eigenvalue weighted by molar-refractivity contribution is 6.09. The number of nitrogens with one attached hydrogen (secondary N) is 1. The van der Waals surface area contributed by atoms with Crippen molar-refractivity contribution >= 4 is 5.78 Å².